The van der Waals surface area contributed by atoms with Crippen LogP contribution >= 0.6 is 15.2 Å². The maximum absolute atomic E-state index is 2.58. The minimum absolute atomic E-state index is 0.0665. The average molecular weight is 376 g/mol. The molecule has 0 aliphatic carbocycles. The van der Waals surface area contributed by atoms with Crippen molar-refractivity contribution >= 4 is 25.8 Å². The van der Waals surface area contributed by atoms with Crippen molar-refractivity contribution in [3.63, 3.8) is 0 Å². The monoisotopic (exact) mass is 376 g/mol. The van der Waals surface area contributed by atoms with Crippen LogP contribution in [0, 0.1) is 11.3 Å². The Labute approximate surface area is 159 Å². The van der Waals surface area contributed by atoms with Crippen molar-refractivity contribution in [1.29, 1.82) is 0 Å². The van der Waals surface area contributed by atoms with E-state index in [1.54, 1.807) is 21.8 Å². The van der Waals surface area contributed by atoms with Gasteiger partial charge in [-0.1, -0.05) is 85.7 Å². The average Bonchev–Trinajstić information content (AvgIpc) is 3.21. The fourth-order valence-corrected chi connectivity index (χ4v) is 18.1. The van der Waals surface area contributed by atoms with Crippen molar-refractivity contribution in [2.45, 2.75) is 33.4 Å². The second-order valence-corrected chi connectivity index (χ2v) is 14.3. The van der Waals surface area contributed by atoms with Gasteiger partial charge in [0.1, 0.15) is 0 Å². The highest BCUT2D eigenvalue weighted by Gasteiger charge is 2.63. The Bertz CT molecular complexity index is 925. The van der Waals surface area contributed by atoms with E-state index in [2.05, 4.69) is 88.4 Å². The van der Waals surface area contributed by atoms with Gasteiger partial charge >= 0.3 is 0 Å². The summed E-state index contributed by atoms with van der Waals surface area (Å²) in [6.45, 7) is 9.95. The normalized spacial score (nSPS) is 35.4. The molecule has 5 unspecified atom stereocenters. The number of rotatable bonds is 2. The maximum Gasteiger partial charge on any atom is 0.00310 e. The lowest BCUT2D eigenvalue weighted by Gasteiger charge is -2.39. The summed E-state index contributed by atoms with van der Waals surface area (Å²) in [4.78, 5) is 0. The van der Waals surface area contributed by atoms with E-state index in [4.69, 9.17) is 0 Å². The van der Waals surface area contributed by atoms with Crippen molar-refractivity contribution < 1.29 is 0 Å². The van der Waals surface area contributed by atoms with Crippen LogP contribution in [0.2, 0.25) is 0 Å². The smallest absolute Gasteiger partial charge is 0.00310 e. The van der Waals surface area contributed by atoms with Crippen LogP contribution in [0.4, 0.5) is 0 Å². The van der Waals surface area contributed by atoms with Crippen molar-refractivity contribution in [1.82, 2.24) is 0 Å². The van der Waals surface area contributed by atoms with Gasteiger partial charge in [0.15, 0.2) is 0 Å². The first-order chi connectivity index (χ1) is 12.5. The van der Waals surface area contributed by atoms with Crippen molar-refractivity contribution in [3.8, 4) is 0 Å². The molecule has 2 aromatic rings. The highest BCUT2D eigenvalue weighted by Crippen LogP contribution is 2.97. The molecule has 2 heteroatoms. The van der Waals surface area contributed by atoms with E-state index in [1.807, 2.05) is 0 Å². The second-order valence-electron chi connectivity index (χ2n) is 8.29. The molecule has 3 heterocycles. The molecule has 132 valence electrons. The van der Waals surface area contributed by atoms with Gasteiger partial charge in [-0.15, -0.1) is 0 Å². The lowest BCUT2D eigenvalue weighted by atomic mass is 9.75. The third kappa shape index (κ3) is 2.10. The van der Waals surface area contributed by atoms with Crippen molar-refractivity contribution in [2.75, 3.05) is 6.16 Å². The molecule has 0 aromatic heterocycles. The molecule has 26 heavy (non-hydrogen) atoms. The quantitative estimate of drug-likeness (QED) is 0.469. The number of hydrogen-bond donors (Lipinski definition) is 0. The Hall–Kier alpha value is -1.22. The molecule has 5 atom stereocenters. The first-order valence-corrected chi connectivity index (χ1v) is 13.3. The number of fused-ring (bicyclic) bond motifs is 5. The van der Waals surface area contributed by atoms with E-state index in [1.165, 1.54) is 17.3 Å². The van der Waals surface area contributed by atoms with Crippen LogP contribution in [0.15, 0.2) is 71.8 Å². The molecular formula is C24H26P2. The zero-order valence-corrected chi connectivity index (χ0v) is 17.8. The van der Waals surface area contributed by atoms with Crippen LogP contribution < -0.4 is 0 Å². The predicted octanol–water partition coefficient (Wildman–Crippen LogP) is 7.78. The fourth-order valence-electron chi connectivity index (χ4n) is 5.47. The zero-order chi connectivity index (χ0) is 18.1. The van der Waals surface area contributed by atoms with Crippen LogP contribution in [-0.4, -0.2) is 11.8 Å². The highest BCUT2D eigenvalue weighted by atomic mass is 32.1. The van der Waals surface area contributed by atoms with Gasteiger partial charge < -0.3 is 0 Å². The molecule has 3 aliphatic heterocycles. The van der Waals surface area contributed by atoms with Gasteiger partial charge in [0, 0.05) is 11.1 Å². The molecule has 2 bridgehead atoms. The third-order valence-electron chi connectivity index (χ3n) is 6.98. The molecule has 1 saturated heterocycles. The van der Waals surface area contributed by atoms with Gasteiger partial charge in [-0.3, -0.25) is 0 Å². The molecule has 0 spiro atoms. The van der Waals surface area contributed by atoms with Crippen LogP contribution in [0.1, 0.15) is 38.8 Å². The van der Waals surface area contributed by atoms with E-state index in [0.717, 1.165) is 11.6 Å². The summed E-state index contributed by atoms with van der Waals surface area (Å²) >= 11 is 0. The molecule has 3 aliphatic rings. The first-order valence-electron chi connectivity index (χ1n) is 9.63. The standard InChI is InChI=1S/C24H26P2/c1-16-17(2)23-24(4)15-25(22(18(24)3)20-13-9-6-10-14-20)26(23)21(16)19-11-7-5-8-12-19/h5-14,17,23H,15H2,1-4H3. The second kappa shape index (κ2) is 5.89. The molecule has 0 nitrogen and oxygen atoms in total. The Balaban J connectivity index is 1.69. The molecule has 5 rings (SSSR count). The van der Waals surface area contributed by atoms with Crippen LogP contribution in [-0.2, 0) is 0 Å². The minimum atomic E-state index is -0.0768. The molecule has 1 fully saturated rings. The van der Waals surface area contributed by atoms with Crippen LogP contribution in [0.5, 0.6) is 0 Å². The molecule has 2 aromatic carbocycles. The number of allylic oxidation sites excluding steroid dienone is 2. The zero-order valence-electron chi connectivity index (χ0n) is 16.0. The van der Waals surface area contributed by atoms with E-state index in [-0.39, 0.29) is 15.2 Å². The Morgan fingerprint density at radius 2 is 1.38 bits per heavy atom. The molecule has 0 saturated carbocycles. The largest absolute Gasteiger partial charge is 0.0622 e. The third-order valence-corrected chi connectivity index (χ3v) is 16.1. The molecule has 0 radical (unpaired) electrons. The number of benzene rings is 2. The molecular weight excluding hydrogens is 350 g/mol. The predicted molar refractivity (Wildman–Crippen MR) is 118 cm³/mol. The lowest BCUT2D eigenvalue weighted by Crippen LogP contribution is -2.32. The summed E-state index contributed by atoms with van der Waals surface area (Å²) in [5.74, 6) is 0.723. The van der Waals surface area contributed by atoms with Gasteiger partial charge in [-0.25, -0.2) is 0 Å². The Morgan fingerprint density at radius 1 is 0.846 bits per heavy atom. The molecule has 0 N–H and O–H groups in total. The van der Waals surface area contributed by atoms with E-state index in [0.29, 0.717) is 5.41 Å². The van der Waals surface area contributed by atoms with E-state index >= 15 is 0 Å². The van der Waals surface area contributed by atoms with Crippen LogP contribution in [0.3, 0.4) is 0 Å². The molecule has 0 amide bonds. The van der Waals surface area contributed by atoms with Gasteiger partial charge in [0.05, 0.1) is 0 Å². The summed E-state index contributed by atoms with van der Waals surface area (Å²) in [7, 11) is -0.143. The summed E-state index contributed by atoms with van der Waals surface area (Å²) in [6, 6.07) is 22.5. The van der Waals surface area contributed by atoms with Gasteiger partial charge in [0.2, 0.25) is 0 Å². The van der Waals surface area contributed by atoms with Gasteiger partial charge in [0.25, 0.3) is 0 Å². The lowest BCUT2D eigenvalue weighted by molar-refractivity contribution is 0.390. The summed E-state index contributed by atoms with van der Waals surface area (Å²) < 4.78 is 0. The maximum atomic E-state index is 2.58. The SMILES string of the molecule is CC1=C(c2ccccc2)P2C(C1C)C1(C)CP2C(c2ccccc2)=C1C. The minimum Gasteiger partial charge on any atom is -0.0622 e. The summed E-state index contributed by atoms with van der Waals surface area (Å²) in [5.41, 5.74) is 7.62. The Morgan fingerprint density at radius 3 is 1.96 bits per heavy atom. The van der Waals surface area contributed by atoms with Gasteiger partial charge in [-0.2, -0.15) is 0 Å². The van der Waals surface area contributed by atoms with Crippen molar-refractivity contribution in [3.05, 3.63) is 82.9 Å². The fraction of sp³-hybridized carbons (Fsp3) is 0.333. The van der Waals surface area contributed by atoms with E-state index in [9.17, 15) is 0 Å². The van der Waals surface area contributed by atoms with Crippen LogP contribution in [0.25, 0.3) is 10.6 Å². The van der Waals surface area contributed by atoms with Crippen molar-refractivity contribution in [2.24, 2.45) is 11.3 Å². The first kappa shape index (κ1) is 16.9. The topological polar surface area (TPSA) is 0 Å². The van der Waals surface area contributed by atoms with Gasteiger partial charge in [-0.05, 0) is 62.9 Å². The summed E-state index contributed by atoms with van der Waals surface area (Å²) in [6.07, 6.45) is 1.42. The highest BCUT2D eigenvalue weighted by molar-refractivity contribution is 8.39. The number of hydrogen-bond acceptors (Lipinski definition) is 0. The van der Waals surface area contributed by atoms with E-state index < -0.39 is 0 Å². The summed E-state index contributed by atoms with van der Waals surface area (Å²) in [5, 5.41) is 3.48. The Kier molecular flexibility index (Phi) is 3.83.